The summed E-state index contributed by atoms with van der Waals surface area (Å²) >= 11 is 0. The van der Waals surface area contributed by atoms with Crippen LogP contribution in [-0.4, -0.2) is 51.6 Å². The molecule has 6 nitrogen and oxygen atoms in total. The molecule has 0 aliphatic heterocycles. The van der Waals surface area contributed by atoms with Crippen LogP contribution < -0.4 is 5.32 Å². The molecule has 0 bridgehead atoms. The van der Waals surface area contributed by atoms with E-state index in [1.807, 2.05) is 6.07 Å². The number of aliphatic hydroxyl groups is 3. The van der Waals surface area contributed by atoms with Crippen molar-refractivity contribution in [3.63, 3.8) is 0 Å². The first-order valence-corrected chi connectivity index (χ1v) is 6.14. The number of carbonyl (C=O) groups excluding carboxylic acids is 1. The maximum atomic E-state index is 12.1. The summed E-state index contributed by atoms with van der Waals surface area (Å²) in [6.45, 7) is -1.66. The SMILES string of the molecule is O=C(NC(CO)(CO)CO)c1ccc2ncccc2c1. The molecule has 1 aromatic heterocycles. The number of pyridine rings is 1. The van der Waals surface area contributed by atoms with Crippen molar-refractivity contribution in [2.75, 3.05) is 19.8 Å². The first-order valence-electron chi connectivity index (χ1n) is 6.14. The zero-order chi connectivity index (χ0) is 14.6. The van der Waals surface area contributed by atoms with Gasteiger partial charge in [-0.3, -0.25) is 9.78 Å². The van der Waals surface area contributed by atoms with Crippen LogP contribution in [-0.2, 0) is 0 Å². The van der Waals surface area contributed by atoms with Gasteiger partial charge >= 0.3 is 0 Å². The van der Waals surface area contributed by atoms with Gasteiger partial charge in [0.25, 0.3) is 5.91 Å². The van der Waals surface area contributed by atoms with Crippen LogP contribution in [0.2, 0.25) is 0 Å². The summed E-state index contributed by atoms with van der Waals surface area (Å²) in [6.07, 6.45) is 1.66. The maximum absolute atomic E-state index is 12.1. The van der Waals surface area contributed by atoms with Crippen LogP contribution in [0.1, 0.15) is 10.4 Å². The topological polar surface area (TPSA) is 103 Å². The quantitative estimate of drug-likeness (QED) is 0.599. The Kier molecular flexibility index (Phi) is 4.29. The van der Waals surface area contributed by atoms with E-state index in [4.69, 9.17) is 0 Å². The predicted octanol–water partition coefficient (Wildman–Crippen LogP) is -0.320. The maximum Gasteiger partial charge on any atom is 0.251 e. The lowest BCUT2D eigenvalue weighted by molar-refractivity contribution is 0.0375. The summed E-state index contributed by atoms with van der Waals surface area (Å²) in [5.74, 6) is -0.479. The van der Waals surface area contributed by atoms with Crippen molar-refractivity contribution < 1.29 is 20.1 Å². The molecule has 2 aromatic rings. The Morgan fingerprint density at radius 3 is 2.50 bits per heavy atom. The van der Waals surface area contributed by atoms with Crippen LogP contribution in [0.15, 0.2) is 36.5 Å². The largest absolute Gasteiger partial charge is 0.394 e. The van der Waals surface area contributed by atoms with E-state index < -0.39 is 31.3 Å². The molecule has 0 aliphatic rings. The zero-order valence-electron chi connectivity index (χ0n) is 10.8. The summed E-state index contributed by atoms with van der Waals surface area (Å²) in [5, 5.41) is 30.9. The Balaban J connectivity index is 2.27. The van der Waals surface area contributed by atoms with Gasteiger partial charge in [0.15, 0.2) is 0 Å². The molecule has 0 radical (unpaired) electrons. The number of hydrogen-bond acceptors (Lipinski definition) is 5. The van der Waals surface area contributed by atoms with Gasteiger partial charge in [-0.05, 0) is 24.3 Å². The van der Waals surface area contributed by atoms with Gasteiger partial charge in [-0.2, -0.15) is 0 Å². The Morgan fingerprint density at radius 2 is 1.85 bits per heavy atom. The number of fused-ring (bicyclic) bond motifs is 1. The first kappa shape index (κ1) is 14.4. The van der Waals surface area contributed by atoms with Gasteiger partial charge in [0.1, 0.15) is 5.54 Å². The molecular weight excluding hydrogens is 260 g/mol. The van der Waals surface area contributed by atoms with Crippen LogP contribution in [0, 0.1) is 0 Å². The van der Waals surface area contributed by atoms with Gasteiger partial charge in [0.2, 0.25) is 0 Å². The van der Waals surface area contributed by atoms with Crippen LogP contribution >= 0.6 is 0 Å². The number of nitrogens with zero attached hydrogens (tertiary/aromatic N) is 1. The van der Waals surface area contributed by atoms with E-state index in [9.17, 15) is 20.1 Å². The van der Waals surface area contributed by atoms with E-state index in [-0.39, 0.29) is 0 Å². The lowest BCUT2D eigenvalue weighted by Gasteiger charge is -2.28. The third-order valence-corrected chi connectivity index (χ3v) is 3.15. The van der Waals surface area contributed by atoms with E-state index >= 15 is 0 Å². The van der Waals surface area contributed by atoms with Crippen molar-refractivity contribution in [1.82, 2.24) is 10.3 Å². The highest BCUT2D eigenvalue weighted by Crippen LogP contribution is 2.14. The average Bonchev–Trinajstić information content (AvgIpc) is 2.52. The molecule has 0 fully saturated rings. The molecule has 1 heterocycles. The monoisotopic (exact) mass is 276 g/mol. The normalized spacial score (nSPS) is 11.6. The second-order valence-electron chi connectivity index (χ2n) is 4.62. The summed E-state index contributed by atoms with van der Waals surface area (Å²) in [5.41, 5.74) is -0.298. The summed E-state index contributed by atoms with van der Waals surface area (Å²) in [4.78, 5) is 16.3. The van der Waals surface area contributed by atoms with Gasteiger partial charge in [-0.25, -0.2) is 0 Å². The molecule has 1 aromatic carbocycles. The molecule has 0 unspecified atom stereocenters. The van der Waals surface area contributed by atoms with Gasteiger partial charge < -0.3 is 20.6 Å². The van der Waals surface area contributed by atoms with Crippen molar-refractivity contribution >= 4 is 16.8 Å². The number of amides is 1. The zero-order valence-corrected chi connectivity index (χ0v) is 10.8. The summed E-state index contributed by atoms with van der Waals surface area (Å²) in [6, 6.07) is 8.57. The highest BCUT2D eigenvalue weighted by atomic mass is 16.3. The molecule has 20 heavy (non-hydrogen) atoms. The molecular formula is C14H16N2O4. The highest BCUT2D eigenvalue weighted by molar-refractivity contribution is 5.98. The van der Waals surface area contributed by atoms with Crippen molar-refractivity contribution in [1.29, 1.82) is 0 Å². The summed E-state index contributed by atoms with van der Waals surface area (Å²) < 4.78 is 0. The average molecular weight is 276 g/mol. The molecule has 2 rings (SSSR count). The molecule has 0 saturated carbocycles. The minimum absolute atomic E-state index is 0.366. The predicted molar refractivity (Wildman–Crippen MR) is 73.2 cm³/mol. The second-order valence-corrected chi connectivity index (χ2v) is 4.62. The molecule has 6 heteroatoms. The fourth-order valence-electron chi connectivity index (χ4n) is 1.80. The molecule has 4 N–H and O–H groups in total. The molecule has 0 spiro atoms. The first-order chi connectivity index (χ1) is 9.64. The van der Waals surface area contributed by atoms with Crippen LogP contribution in [0.25, 0.3) is 10.9 Å². The van der Waals surface area contributed by atoms with Crippen LogP contribution in [0.4, 0.5) is 0 Å². The second kappa shape index (κ2) is 5.96. The lowest BCUT2D eigenvalue weighted by Crippen LogP contribution is -2.57. The van der Waals surface area contributed by atoms with Gasteiger partial charge in [-0.1, -0.05) is 6.07 Å². The Bertz CT molecular complexity index is 603. The van der Waals surface area contributed by atoms with E-state index in [0.717, 1.165) is 10.9 Å². The third kappa shape index (κ3) is 2.77. The summed E-state index contributed by atoms with van der Waals surface area (Å²) in [7, 11) is 0. The fraction of sp³-hybridized carbons (Fsp3) is 0.286. The molecule has 0 aliphatic carbocycles. The molecule has 0 saturated heterocycles. The van der Waals surface area contributed by atoms with Crippen molar-refractivity contribution in [2.45, 2.75) is 5.54 Å². The Labute approximate surface area is 115 Å². The van der Waals surface area contributed by atoms with Crippen molar-refractivity contribution in [3.8, 4) is 0 Å². The van der Waals surface area contributed by atoms with E-state index in [0.29, 0.717) is 5.56 Å². The van der Waals surface area contributed by atoms with Crippen molar-refractivity contribution in [3.05, 3.63) is 42.1 Å². The number of hydrogen-bond donors (Lipinski definition) is 4. The van der Waals surface area contributed by atoms with Crippen LogP contribution in [0.5, 0.6) is 0 Å². The minimum Gasteiger partial charge on any atom is -0.394 e. The third-order valence-electron chi connectivity index (χ3n) is 3.15. The van der Waals surface area contributed by atoms with Crippen molar-refractivity contribution in [2.24, 2.45) is 0 Å². The van der Waals surface area contributed by atoms with Gasteiger partial charge in [0, 0.05) is 17.1 Å². The molecule has 0 atom stereocenters. The number of aliphatic hydroxyl groups excluding tert-OH is 3. The Morgan fingerprint density at radius 1 is 1.15 bits per heavy atom. The van der Waals surface area contributed by atoms with E-state index in [1.54, 1.807) is 30.5 Å². The van der Waals surface area contributed by atoms with E-state index in [2.05, 4.69) is 10.3 Å². The van der Waals surface area contributed by atoms with E-state index in [1.165, 1.54) is 0 Å². The number of aromatic nitrogens is 1. The highest BCUT2D eigenvalue weighted by Gasteiger charge is 2.30. The number of carbonyl (C=O) groups is 1. The molecule has 1 amide bonds. The lowest BCUT2D eigenvalue weighted by atomic mass is 10.0. The number of rotatable bonds is 5. The molecule has 106 valence electrons. The smallest absolute Gasteiger partial charge is 0.251 e. The minimum atomic E-state index is -1.43. The Hall–Kier alpha value is -2.02. The fourth-order valence-corrected chi connectivity index (χ4v) is 1.80. The number of benzene rings is 1. The van der Waals surface area contributed by atoms with Gasteiger partial charge in [-0.15, -0.1) is 0 Å². The standard InChI is InChI=1S/C14H16N2O4/c17-7-14(8-18,9-19)16-13(20)11-3-4-12-10(6-11)2-1-5-15-12/h1-6,17-19H,7-9H2,(H,16,20). The van der Waals surface area contributed by atoms with Gasteiger partial charge in [0.05, 0.1) is 25.3 Å². The van der Waals surface area contributed by atoms with Crippen LogP contribution in [0.3, 0.4) is 0 Å². The number of nitrogens with one attached hydrogen (secondary N) is 1.